The van der Waals surface area contributed by atoms with E-state index in [9.17, 15) is 18.5 Å². The van der Waals surface area contributed by atoms with Crippen molar-refractivity contribution in [2.24, 2.45) is 0 Å². The Bertz CT molecular complexity index is 1250. The Kier molecular flexibility index (Phi) is 4.86. The second kappa shape index (κ2) is 7.35. The van der Waals surface area contributed by atoms with Gasteiger partial charge >= 0.3 is 5.97 Å². The average Bonchev–Trinajstić information content (AvgIpc) is 3.42. The highest BCUT2D eigenvalue weighted by molar-refractivity contribution is 7.89. The van der Waals surface area contributed by atoms with Gasteiger partial charge in [-0.25, -0.2) is 17.9 Å². The lowest BCUT2D eigenvalue weighted by Crippen LogP contribution is -2.26. The van der Waals surface area contributed by atoms with Crippen molar-refractivity contribution in [3.05, 3.63) is 71.0 Å². The number of aromatic nitrogens is 1. The topological polar surface area (TPSA) is 101 Å². The number of carbonyl (C=O) groups excluding carboxylic acids is 1. The van der Waals surface area contributed by atoms with E-state index in [1.165, 1.54) is 12.1 Å². The van der Waals surface area contributed by atoms with Crippen LogP contribution in [0.15, 0.2) is 53.7 Å². The highest BCUT2D eigenvalue weighted by atomic mass is 32.2. The highest BCUT2D eigenvalue weighted by Crippen LogP contribution is 2.24. The van der Waals surface area contributed by atoms with Crippen molar-refractivity contribution < 1.29 is 17.9 Å². The fourth-order valence-corrected chi connectivity index (χ4v) is 4.44. The summed E-state index contributed by atoms with van der Waals surface area (Å²) in [5, 5.41) is 9.46. The first-order valence-electron chi connectivity index (χ1n) is 9.18. The van der Waals surface area contributed by atoms with Gasteiger partial charge in [0.1, 0.15) is 12.7 Å². The number of rotatable bonds is 6. The van der Waals surface area contributed by atoms with Crippen LogP contribution in [0.1, 0.15) is 39.9 Å². The van der Waals surface area contributed by atoms with E-state index in [-0.39, 0.29) is 23.1 Å². The molecular formula is C21H19N3O4S. The minimum absolute atomic E-state index is 0.0231. The van der Waals surface area contributed by atoms with E-state index < -0.39 is 16.0 Å². The van der Waals surface area contributed by atoms with Gasteiger partial charge in [-0.05, 0) is 49.6 Å². The molecule has 3 aromatic rings. The molecular weight excluding hydrogens is 390 g/mol. The molecule has 0 spiro atoms. The molecule has 2 aromatic heterocycles. The summed E-state index contributed by atoms with van der Waals surface area (Å²) in [5.74, 6) is -0.634. The SMILES string of the molecule is Cc1ccc(S(=O)(=O)NC2CC2)cc1C(=O)OCc1cn2ccccc2c1C#N. The number of aryl methyl sites for hydroxylation is 1. The van der Waals surface area contributed by atoms with Crippen LogP contribution in [0.3, 0.4) is 0 Å². The number of carbonyl (C=O) groups is 1. The third-order valence-corrected chi connectivity index (χ3v) is 6.39. The van der Waals surface area contributed by atoms with Gasteiger partial charge in [-0.1, -0.05) is 12.1 Å². The molecule has 0 atom stereocenters. The first-order valence-corrected chi connectivity index (χ1v) is 10.7. The van der Waals surface area contributed by atoms with Crippen LogP contribution in [0.4, 0.5) is 0 Å². The minimum atomic E-state index is -3.67. The molecule has 0 bridgehead atoms. The molecule has 8 heteroatoms. The molecule has 2 heterocycles. The average molecular weight is 409 g/mol. The maximum atomic E-state index is 12.6. The van der Waals surface area contributed by atoms with Crippen molar-refractivity contribution in [3.63, 3.8) is 0 Å². The second-order valence-corrected chi connectivity index (χ2v) is 8.80. The molecule has 1 N–H and O–H groups in total. The summed E-state index contributed by atoms with van der Waals surface area (Å²) < 4.78 is 34.7. The van der Waals surface area contributed by atoms with E-state index in [1.54, 1.807) is 23.6 Å². The summed E-state index contributed by atoms with van der Waals surface area (Å²) >= 11 is 0. The maximum Gasteiger partial charge on any atom is 0.338 e. The standard InChI is InChI=1S/C21H19N3O4S/c1-14-5-8-17(29(26,27)23-16-6-7-16)10-18(14)21(25)28-13-15-12-24-9-3-2-4-20(24)19(15)11-22/h2-5,8-10,12,16,23H,6-7,13H2,1H3. The quantitative estimate of drug-likeness (QED) is 0.631. The Morgan fingerprint density at radius 3 is 2.83 bits per heavy atom. The Balaban J connectivity index is 1.56. The van der Waals surface area contributed by atoms with Crippen LogP contribution in [0, 0.1) is 18.3 Å². The molecule has 0 amide bonds. The number of fused-ring (bicyclic) bond motifs is 1. The van der Waals surface area contributed by atoms with Gasteiger partial charge in [0.2, 0.25) is 10.0 Å². The number of sulfonamides is 1. The van der Waals surface area contributed by atoms with Crippen molar-refractivity contribution >= 4 is 21.5 Å². The monoisotopic (exact) mass is 409 g/mol. The molecule has 0 aliphatic heterocycles. The molecule has 1 fully saturated rings. The van der Waals surface area contributed by atoms with E-state index in [0.717, 1.165) is 18.4 Å². The van der Waals surface area contributed by atoms with E-state index in [4.69, 9.17) is 4.74 Å². The second-order valence-electron chi connectivity index (χ2n) is 7.08. The first-order chi connectivity index (χ1) is 13.9. The van der Waals surface area contributed by atoms with Gasteiger partial charge in [-0.15, -0.1) is 0 Å². The smallest absolute Gasteiger partial charge is 0.338 e. The normalized spacial score (nSPS) is 13.9. The van der Waals surface area contributed by atoms with E-state index >= 15 is 0 Å². The number of nitriles is 1. The number of benzene rings is 1. The third-order valence-electron chi connectivity index (χ3n) is 4.87. The van der Waals surface area contributed by atoms with Crippen molar-refractivity contribution in [1.82, 2.24) is 9.12 Å². The van der Waals surface area contributed by atoms with E-state index in [0.29, 0.717) is 16.7 Å². The van der Waals surface area contributed by atoms with Gasteiger partial charge in [0, 0.05) is 24.0 Å². The molecule has 29 heavy (non-hydrogen) atoms. The van der Waals surface area contributed by atoms with E-state index in [1.807, 2.05) is 24.4 Å². The van der Waals surface area contributed by atoms with Crippen molar-refractivity contribution in [2.75, 3.05) is 0 Å². The molecule has 1 aromatic carbocycles. The lowest BCUT2D eigenvalue weighted by Gasteiger charge is -2.10. The molecule has 0 saturated heterocycles. The Morgan fingerprint density at radius 2 is 2.10 bits per heavy atom. The number of ether oxygens (including phenoxy) is 1. The van der Waals surface area contributed by atoms with Crippen LogP contribution in [-0.2, 0) is 21.4 Å². The summed E-state index contributed by atoms with van der Waals surface area (Å²) in [6.07, 6.45) is 5.21. The predicted molar refractivity (Wildman–Crippen MR) is 106 cm³/mol. The minimum Gasteiger partial charge on any atom is -0.457 e. The Labute approximate surface area is 168 Å². The molecule has 148 valence electrons. The zero-order valence-electron chi connectivity index (χ0n) is 15.8. The van der Waals surface area contributed by atoms with Crippen LogP contribution in [0.2, 0.25) is 0 Å². The van der Waals surface area contributed by atoms with Crippen LogP contribution in [0.25, 0.3) is 5.52 Å². The van der Waals surface area contributed by atoms with Gasteiger partial charge < -0.3 is 9.14 Å². The summed E-state index contributed by atoms with van der Waals surface area (Å²) in [7, 11) is -3.67. The fraction of sp³-hybridized carbons (Fsp3) is 0.238. The number of esters is 1. The fourth-order valence-electron chi connectivity index (χ4n) is 3.11. The Morgan fingerprint density at radius 1 is 1.31 bits per heavy atom. The van der Waals surface area contributed by atoms with Gasteiger partial charge in [0.15, 0.2) is 0 Å². The number of nitrogens with zero attached hydrogens (tertiary/aromatic N) is 2. The molecule has 4 rings (SSSR count). The predicted octanol–water partition coefficient (Wildman–Crippen LogP) is 2.92. The first kappa shape index (κ1) is 19.2. The van der Waals surface area contributed by atoms with Gasteiger partial charge in [-0.3, -0.25) is 0 Å². The zero-order valence-corrected chi connectivity index (χ0v) is 16.6. The van der Waals surface area contributed by atoms with Crippen LogP contribution in [0.5, 0.6) is 0 Å². The highest BCUT2D eigenvalue weighted by Gasteiger charge is 2.28. The number of nitrogens with one attached hydrogen (secondary N) is 1. The lowest BCUT2D eigenvalue weighted by atomic mass is 10.1. The van der Waals surface area contributed by atoms with Crippen LogP contribution < -0.4 is 4.72 Å². The third kappa shape index (κ3) is 3.88. The van der Waals surface area contributed by atoms with Crippen molar-refractivity contribution in [2.45, 2.75) is 37.3 Å². The van der Waals surface area contributed by atoms with Gasteiger partial charge in [0.05, 0.1) is 21.5 Å². The molecule has 1 aliphatic carbocycles. The molecule has 0 radical (unpaired) electrons. The largest absolute Gasteiger partial charge is 0.457 e. The summed E-state index contributed by atoms with van der Waals surface area (Å²) in [6, 6.07) is 12.0. The number of hydrogen-bond acceptors (Lipinski definition) is 5. The maximum absolute atomic E-state index is 12.6. The van der Waals surface area contributed by atoms with E-state index in [2.05, 4.69) is 10.8 Å². The van der Waals surface area contributed by atoms with Crippen LogP contribution in [-0.4, -0.2) is 24.8 Å². The molecule has 0 unspecified atom stereocenters. The number of pyridine rings is 1. The summed E-state index contributed by atoms with van der Waals surface area (Å²) in [4.78, 5) is 12.7. The zero-order chi connectivity index (χ0) is 20.6. The molecule has 1 aliphatic rings. The molecule has 1 saturated carbocycles. The lowest BCUT2D eigenvalue weighted by molar-refractivity contribution is 0.0471. The van der Waals surface area contributed by atoms with Gasteiger partial charge in [-0.2, -0.15) is 5.26 Å². The Hall–Kier alpha value is -3.15. The summed E-state index contributed by atoms with van der Waals surface area (Å²) in [5.41, 5.74) is 2.56. The van der Waals surface area contributed by atoms with Crippen molar-refractivity contribution in [3.8, 4) is 6.07 Å². The molecule has 7 nitrogen and oxygen atoms in total. The van der Waals surface area contributed by atoms with Crippen LogP contribution >= 0.6 is 0 Å². The summed E-state index contributed by atoms with van der Waals surface area (Å²) in [6.45, 7) is 1.63. The van der Waals surface area contributed by atoms with Crippen molar-refractivity contribution in [1.29, 1.82) is 5.26 Å². The number of hydrogen-bond donors (Lipinski definition) is 1. The van der Waals surface area contributed by atoms with Gasteiger partial charge in [0.25, 0.3) is 0 Å².